The highest BCUT2D eigenvalue weighted by molar-refractivity contribution is 8.03. The Hall–Kier alpha value is -2.23. The van der Waals surface area contributed by atoms with Crippen LogP contribution in [0.3, 0.4) is 0 Å². The topological polar surface area (TPSA) is 64.9 Å². The van der Waals surface area contributed by atoms with Crippen LogP contribution in [0.4, 0.5) is 20.6 Å². The second-order valence-corrected chi connectivity index (χ2v) is 5.16. The molecule has 0 radical (unpaired) electrons. The minimum atomic E-state index is -0.613. The van der Waals surface area contributed by atoms with Crippen molar-refractivity contribution < 1.29 is 9.18 Å². The number of thioether (sulfide) groups is 1. The van der Waals surface area contributed by atoms with E-state index in [2.05, 4.69) is 10.6 Å². The van der Waals surface area contributed by atoms with Crippen LogP contribution < -0.4 is 10.6 Å². The number of para-hydroxylation sites is 1. The maximum Gasteiger partial charge on any atom is 0.323 e. The lowest BCUT2D eigenvalue weighted by Gasteiger charge is -2.10. The Balaban J connectivity index is 2.03. The summed E-state index contributed by atoms with van der Waals surface area (Å²) in [4.78, 5) is 12.6. The smallest absolute Gasteiger partial charge is 0.308 e. The summed E-state index contributed by atoms with van der Waals surface area (Å²) in [5.41, 5.74) is 0.440. The number of carbonyl (C=O) groups is 1. The lowest BCUT2D eigenvalue weighted by Crippen LogP contribution is -2.20. The van der Waals surface area contributed by atoms with Gasteiger partial charge in [0, 0.05) is 10.6 Å². The van der Waals surface area contributed by atoms with Crippen LogP contribution >= 0.6 is 23.4 Å². The van der Waals surface area contributed by atoms with Crippen molar-refractivity contribution in [1.29, 1.82) is 5.26 Å². The lowest BCUT2D eigenvalue weighted by atomic mass is 10.3. The Morgan fingerprint density at radius 3 is 2.52 bits per heavy atom. The third kappa shape index (κ3) is 4.12. The zero-order chi connectivity index (χ0) is 15.2. The molecule has 2 N–H and O–H groups in total. The monoisotopic (exact) mass is 321 g/mol. The minimum Gasteiger partial charge on any atom is -0.308 e. The molecule has 0 bridgehead atoms. The fourth-order valence-electron chi connectivity index (χ4n) is 1.55. The molecule has 0 saturated carbocycles. The number of thiocyanates is 1. The Labute approximate surface area is 129 Å². The number of anilines is 2. The zero-order valence-corrected chi connectivity index (χ0v) is 12.1. The van der Waals surface area contributed by atoms with Crippen molar-refractivity contribution in [2.75, 3.05) is 10.6 Å². The minimum absolute atomic E-state index is 0.0756. The number of hydrogen-bond acceptors (Lipinski definition) is 3. The molecule has 0 aliphatic heterocycles. The molecule has 0 atom stereocenters. The first-order valence-corrected chi connectivity index (χ1v) is 6.97. The van der Waals surface area contributed by atoms with E-state index in [-0.39, 0.29) is 10.7 Å². The molecule has 0 aliphatic rings. The molecule has 0 unspecified atom stereocenters. The molecule has 0 spiro atoms. The molecule has 0 aliphatic carbocycles. The van der Waals surface area contributed by atoms with Gasteiger partial charge in [-0.25, -0.2) is 9.18 Å². The van der Waals surface area contributed by atoms with Crippen molar-refractivity contribution in [1.82, 2.24) is 0 Å². The van der Waals surface area contributed by atoms with Gasteiger partial charge in [0.2, 0.25) is 0 Å². The van der Waals surface area contributed by atoms with Crippen LogP contribution in [-0.4, -0.2) is 6.03 Å². The van der Waals surface area contributed by atoms with E-state index in [4.69, 9.17) is 16.9 Å². The highest BCUT2D eigenvalue weighted by Crippen LogP contribution is 2.25. The highest BCUT2D eigenvalue weighted by atomic mass is 35.5. The number of nitrogens with zero attached hydrogens (tertiary/aromatic N) is 1. The summed E-state index contributed by atoms with van der Waals surface area (Å²) in [6.07, 6.45) is 0. The van der Waals surface area contributed by atoms with Crippen LogP contribution in [-0.2, 0) is 0 Å². The Bertz CT molecular complexity index is 680. The van der Waals surface area contributed by atoms with Crippen molar-refractivity contribution in [3.8, 4) is 5.40 Å². The van der Waals surface area contributed by atoms with Crippen molar-refractivity contribution in [2.24, 2.45) is 0 Å². The first kappa shape index (κ1) is 15.2. The molecule has 2 amide bonds. The summed E-state index contributed by atoms with van der Waals surface area (Å²) < 4.78 is 13.5. The number of halogens is 2. The molecule has 0 aromatic heterocycles. The summed E-state index contributed by atoms with van der Waals surface area (Å²) in [6, 6.07) is 10.2. The molecular weight excluding hydrogens is 313 g/mol. The number of nitriles is 1. The summed E-state index contributed by atoms with van der Waals surface area (Å²) >= 11 is 6.84. The van der Waals surface area contributed by atoms with Gasteiger partial charge in [-0.2, -0.15) is 5.26 Å². The second-order valence-electron chi connectivity index (χ2n) is 3.89. The van der Waals surface area contributed by atoms with Gasteiger partial charge in [0.05, 0.1) is 10.7 Å². The van der Waals surface area contributed by atoms with Crippen LogP contribution in [0.1, 0.15) is 0 Å². The molecule has 2 aromatic carbocycles. The van der Waals surface area contributed by atoms with E-state index in [0.717, 1.165) is 16.7 Å². The van der Waals surface area contributed by atoms with Crippen molar-refractivity contribution in [3.05, 3.63) is 53.3 Å². The van der Waals surface area contributed by atoms with Crippen LogP contribution in [0.25, 0.3) is 0 Å². The summed E-state index contributed by atoms with van der Waals surface area (Å²) in [5.74, 6) is -0.613. The van der Waals surface area contributed by atoms with E-state index >= 15 is 0 Å². The third-order valence-electron chi connectivity index (χ3n) is 2.48. The summed E-state index contributed by atoms with van der Waals surface area (Å²) in [6.45, 7) is 0. The maximum atomic E-state index is 13.5. The van der Waals surface area contributed by atoms with Gasteiger partial charge in [-0.3, -0.25) is 0 Å². The Kier molecular flexibility index (Phi) is 5.04. The molecular formula is C14H9ClFN3OS. The first-order valence-electron chi connectivity index (χ1n) is 5.78. The number of hydrogen-bond donors (Lipinski definition) is 2. The fourth-order valence-corrected chi connectivity index (χ4v) is 2.14. The number of amides is 2. The third-order valence-corrected chi connectivity index (χ3v) is 3.39. The largest absolute Gasteiger partial charge is 0.323 e. The average Bonchev–Trinajstić information content (AvgIpc) is 2.45. The van der Waals surface area contributed by atoms with E-state index in [1.54, 1.807) is 24.3 Å². The van der Waals surface area contributed by atoms with E-state index in [1.807, 2.05) is 5.40 Å². The Morgan fingerprint density at radius 2 is 1.90 bits per heavy atom. The van der Waals surface area contributed by atoms with Crippen LogP contribution in [0, 0.1) is 16.5 Å². The molecule has 2 aromatic rings. The van der Waals surface area contributed by atoms with Gasteiger partial charge >= 0.3 is 6.03 Å². The molecule has 7 heteroatoms. The highest BCUT2D eigenvalue weighted by Gasteiger charge is 2.10. The van der Waals surface area contributed by atoms with Crippen LogP contribution in [0.2, 0.25) is 5.02 Å². The van der Waals surface area contributed by atoms with Crippen molar-refractivity contribution in [2.45, 2.75) is 4.90 Å². The number of rotatable bonds is 3. The molecule has 0 saturated heterocycles. The number of benzene rings is 2. The van der Waals surface area contributed by atoms with Crippen LogP contribution in [0.15, 0.2) is 47.4 Å². The van der Waals surface area contributed by atoms with Gasteiger partial charge in [0.25, 0.3) is 0 Å². The Morgan fingerprint density at radius 1 is 1.19 bits per heavy atom. The van der Waals surface area contributed by atoms with Crippen molar-refractivity contribution in [3.63, 3.8) is 0 Å². The number of nitrogens with one attached hydrogen (secondary N) is 2. The van der Waals surface area contributed by atoms with Gasteiger partial charge in [-0.15, -0.1) is 0 Å². The second kappa shape index (κ2) is 6.97. The molecule has 0 fully saturated rings. The standard InChI is InChI=1S/C14H9ClFN3OS/c15-11-2-1-3-12(16)13(11)19-14(20)18-9-4-6-10(7-5-9)21-8-17/h1-7H,(H2,18,19,20). The lowest BCUT2D eigenvalue weighted by molar-refractivity contribution is 0.262. The van der Waals surface area contributed by atoms with Crippen molar-refractivity contribution >= 4 is 40.8 Å². The molecule has 4 nitrogen and oxygen atoms in total. The van der Waals surface area contributed by atoms with Gasteiger partial charge < -0.3 is 10.6 Å². The normalized spacial score (nSPS) is 9.76. The summed E-state index contributed by atoms with van der Waals surface area (Å²) in [5, 5.41) is 15.5. The number of urea groups is 1. The van der Waals surface area contributed by atoms with Crippen LogP contribution in [0.5, 0.6) is 0 Å². The zero-order valence-electron chi connectivity index (χ0n) is 10.6. The van der Waals surface area contributed by atoms with Gasteiger partial charge in [-0.1, -0.05) is 17.7 Å². The fraction of sp³-hybridized carbons (Fsp3) is 0. The van der Waals surface area contributed by atoms with Gasteiger partial charge in [0.1, 0.15) is 11.2 Å². The quantitative estimate of drug-likeness (QED) is 0.636. The average molecular weight is 322 g/mol. The predicted octanol–water partition coefficient (Wildman–Crippen LogP) is 4.70. The SMILES string of the molecule is N#CSc1ccc(NC(=O)Nc2c(F)cccc2Cl)cc1. The van der Waals surface area contributed by atoms with E-state index in [1.165, 1.54) is 18.2 Å². The molecule has 0 heterocycles. The number of carbonyl (C=O) groups excluding carboxylic acids is 1. The van der Waals surface area contributed by atoms with E-state index < -0.39 is 11.8 Å². The van der Waals surface area contributed by atoms with E-state index in [9.17, 15) is 9.18 Å². The first-order chi connectivity index (χ1) is 10.1. The molecule has 21 heavy (non-hydrogen) atoms. The molecule has 2 rings (SSSR count). The van der Waals surface area contributed by atoms with E-state index in [0.29, 0.717) is 5.69 Å². The predicted molar refractivity (Wildman–Crippen MR) is 82.0 cm³/mol. The van der Waals surface area contributed by atoms with Gasteiger partial charge in [-0.05, 0) is 48.2 Å². The summed E-state index contributed by atoms with van der Waals surface area (Å²) in [7, 11) is 0. The van der Waals surface area contributed by atoms with Gasteiger partial charge in [0.15, 0.2) is 0 Å². The molecule has 106 valence electrons. The maximum absolute atomic E-state index is 13.5.